The molecule has 0 heterocycles. The molecule has 0 aliphatic carbocycles. The molecule has 0 aliphatic heterocycles. The number of hydrogen-bond donors (Lipinski definition) is 2. The molecule has 0 aliphatic rings. The van der Waals surface area contributed by atoms with Crippen molar-refractivity contribution in [2.75, 3.05) is 13.2 Å². The summed E-state index contributed by atoms with van der Waals surface area (Å²) in [6.45, 7) is 7.25. The van der Waals surface area contributed by atoms with Crippen LogP contribution >= 0.6 is 12.0 Å². The minimum atomic E-state index is -1.03. The van der Waals surface area contributed by atoms with Crippen LogP contribution in [-0.2, 0) is 4.18 Å². The van der Waals surface area contributed by atoms with Crippen LogP contribution in [0.1, 0.15) is 38.7 Å². The van der Waals surface area contributed by atoms with Crippen LogP contribution in [-0.4, -0.2) is 24.4 Å². The van der Waals surface area contributed by atoms with Crippen molar-refractivity contribution in [2.45, 2.75) is 44.9 Å². The van der Waals surface area contributed by atoms with Gasteiger partial charge in [-0.3, -0.25) is 0 Å². The molecule has 30 heavy (non-hydrogen) atoms. The minimum absolute atomic E-state index is 0.365. The summed E-state index contributed by atoms with van der Waals surface area (Å²) in [6.07, 6.45) is 10.2. The van der Waals surface area contributed by atoms with Crippen molar-refractivity contribution < 1.29 is 14.1 Å². The lowest BCUT2D eigenvalue weighted by Crippen LogP contribution is -2.22. The number of nitrogens with one attached hydrogen (secondary N) is 1. The van der Waals surface area contributed by atoms with E-state index >= 15 is 0 Å². The third-order valence-electron chi connectivity index (χ3n) is 3.22. The van der Waals surface area contributed by atoms with E-state index < -0.39 is 6.09 Å². The minimum Gasteiger partial charge on any atom is -0.465 e. The molecule has 2 aromatic rings. The zero-order valence-electron chi connectivity index (χ0n) is 17.9. The van der Waals surface area contributed by atoms with Crippen molar-refractivity contribution in [3.8, 4) is 12.8 Å². The summed E-state index contributed by atoms with van der Waals surface area (Å²) in [6, 6.07) is 16.9. The Kier molecular flexibility index (Phi) is 22.0. The fraction of sp³-hybridized carbons (Fsp3) is 0.348. The van der Waals surface area contributed by atoms with Crippen LogP contribution in [0.25, 0.3) is 0 Å². The first-order valence-electron chi connectivity index (χ1n) is 9.58. The summed E-state index contributed by atoms with van der Waals surface area (Å²) in [4.78, 5) is 21.1. The van der Waals surface area contributed by atoms with Crippen LogP contribution in [0.5, 0.6) is 0 Å². The lowest BCUT2D eigenvalue weighted by atomic mass is 10.2. The van der Waals surface area contributed by atoms with E-state index in [2.05, 4.69) is 56.2 Å². The van der Waals surface area contributed by atoms with Gasteiger partial charge in [0.15, 0.2) is 0 Å². The van der Waals surface area contributed by atoms with Crippen LogP contribution in [0.2, 0.25) is 0 Å². The molecule has 0 saturated heterocycles. The normalized spacial score (nSPS) is 8.70. The molecule has 0 atom stereocenters. The summed E-state index contributed by atoms with van der Waals surface area (Å²) in [5.74, 6) is 0. The van der Waals surface area contributed by atoms with Crippen molar-refractivity contribution in [1.29, 1.82) is 0 Å². The van der Waals surface area contributed by atoms with E-state index in [0.717, 1.165) is 4.90 Å². The van der Waals surface area contributed by atoms with Crippen molar-refractivity contribution in [3.63, 3.8) is 0 Å². The zero-order chi connectivity index (χ0) is 23.0. The summed E-state index contributed by atoms with van der Waals surface area (Å²) in [7, 11) is 0. The van der Waals surface area contributed by atoms with Crippen LogP contribution in [0, 0.1) is 24.7 Å². The first-order chi connectivity index (χ1) is 14.5. The predicted molar refractivity (Wildman–Crippen MR) is 126 cm³/mol. The molecule has 2 aromatic carbocycles. The molecule has 7 heteroatoms. The number of nitroso groups, excluding NO2 is 1. The van der Waals surface area contributed by atoms with Gasteiger partial charge in [0, 0.05) is 23.5 Å². The second-order valence-electron chi connectivity index (χ2n) is 5.73. The average molecular weight is 433 g/mol. The van der Waals surface area contributed by atoms with E-state index in [1.165, 1.54) is 30.4 Å². The van der Waals surface area contributed by atoms with E-state index in [-0.39, 0.29) is 0 Å². The van der Waals surface area contributed by atoms with E-state index in [1.54, 1.807) is 24.3 Å². The number of carbonyl (C=O) groups is 1. The molecular formula is C23H32N2O4S. The highest BCUT2D eigenvalue weighted by molar-refractivity contribution is 7.94. The van der Waals surface area contributed by atoms with Gasteiger partial charge in [0.2, 0.25) is 0 Å². The maximum absolute atomic E-state index is 10.2. The average Bonchev–Trinajstić information content (AvgIpc) is 2.79. The Balaban J connectivity index is 0. The lowest BCUT2D eigenvalue weighted by molar-refractivity contribution is 0.193. The fourth-order valence-corrected chi connectivity index (χ4v) is 2.12. The van der Waals surface area contributed by atoms with Gasteiger partial charge in [-0.15, -0.1) is 17.8 Å². The molecule has 0 aromatic heterocycles. The molecule has 0 saturated carbocycles. The van der Waals surface area contributed by atoms with Gasteiger partial charge in [-0.25, -0.2) is 4.79 Å². The smallest absolute Gasteiger partial charge is 0.404 e. The van der Waals surface area contributed by atoms with Crippen LogP contribution in [0.3, 0.4) is 0 Å². The number of hydrogen-bond acceptors (Lipinski definition) is 5. The van der Waals surface area contributed by atoms with Gasteiger partial charge in [0.1, 0.15) is 5.69 Å². The number of aryl methyl sites for hydroxylation is 1. The van der Waals surface area contributed by atoms with Gasteiger partial charge in [-0.2, -0.15) is 0 Å². The standard InChI is InChI=1S/C10H12N2O4S.C7H8.C4H10.C2H2/c13-10(14)11-6-1-7-16-17-9-4-2-8(12-15)3-5-9;1-7-5-3-2-4-6-7;1-3-4-2;1-2/h2-5,11H,1,6-7H2,(H,13,14);2-6H,1H3;3-4H2,1-2H3;1-2H. The first kappa shape index (κ1) is 29.4. The third kappa shape index (κ3) is 19.9. The Morgan fingerprint density at radius 2 is 1.63 bits per heavy atom. The van der Waals surface area contributed by atoms with Gasteiger partial charge in [0.25, 0.3) is 0 Å². The molecule has 0 unspecified atom stereocenters. The first-order valence-corrected chi connectivity index (χ1v) is 10.3. The number of benzene rings is 2. The van der Waals surface area contributed by atoms with Crippen molar-refractivity contribution in [3.05, 3.63) is 65.1 Å². The second-order valence-corrected chi connectivity index (χ2v) is 6.60. The van der Waals surface area contributed by atoms with Crippen LogP contribution in [0.4, 0.5) is 10.5 Å². The lowest BCUT2D eigenvalue weighted by Gasteiger charge is -2.03. The topological polar surface area (TPSA) is 88.0 Å². The van der Waals surface area contributed by atoms with Crippen molar-refractivity contribution in [1.82, 2.24) is 5.32 Å². The number of rotatable bonds is 8. The highest BCUT2D eigenvalue weighted by atomic mass is 32.2. The molecular weight excluding hydrogens is 400 g/mol. The highest BCUT2D eigenvalue weighted by Gasteiger charge is 1.97. The fourth-order valence-electron chi connectivity index (χ4n) is 1.53. The van der Waals surface area contributed by atoms with E-state index in [1.807, 2.05) is 18.2 Å². The van der Waals surface area contributed by atoms with Gasteiger partial charge >= 0.3 is 6.09 Å². The Morgan fingerprint density at radius 3 is 2.03 bits per heavy atom. The molecule has 0 bridgehead atoms. The van der Waals surface area contributed by atoms with Crippen molar-refractivity contribution in [2.24, 2.45) is 5.18 Å². The summed E-state index contributed by atoms with van der Waals surface area (Å²) in [5.41, 5.74) is 1.70. The number of nitrogens with zero attached hydrogens (tertiary/aromatic N) is 1. The summed E-state index contributed by atoms with van der Waals surface area (Å²) in [5, 5.41) is 13.3. The largest absolute Gasteiger partial charge is 0.465 e. The highest BCUT2D eigenvalue weighted by Crippen LogP contribution is 2.22. The third-order valence-corrected chi connectivity index (χ3v) is 3.97. The zero-order valence-corrected chi connectivity index (χ0v) is 18.7. The molecule has 6 nitrogen and oxygen atoms in total. The SMILES string of the molecule is C#C.CCCC.Cc1ccccc1.O=Nc1ccc(SOCCCNC(=O)O)cc1. The van der Waals surface area contributed by atoms with Crippen LogP contribution in [0.15, 0.2) is 64.7 Å². The van der Waals surface area contributed by atoms with E-state index in [9.17, 15) is 9.70 Å². The second kappa shape index (κ2) is 22.5. The quantitative estimate of drug-likeness (QED) is 0.207. The molecule has 164 valence electrons. The predicted octanol–water partition coefficient (Wildman–Crippen LogP) is 6.82. The molecule has 2 N–H and O–H groups in total. The van der Waals surface area contributed by atoms with E-state index in [4.69, 9.17) is 9.29 Å². The monoisotopic (exact) mass is 432 g/mol. The number of amides is 1. The Hall–Kier alpha value is -2.82. The molecule has 0 radical (unpaired) electrons. The van der Waals surface area contributed by atoms with Crippen molar-refractivity contribution >= 4 is 23.8 Å². The molecule has 1 amide bonds. The summed E-state index contributed by atoms with van der Waals surface area (Å²) < 4.78 is 5.25. The summed E-state index contributed by atoms with van der Waals surface area (Å²) >= 11 is 1.18. The van der Waals surface area contributed by atoms with Crippen LogP contribution < -0.4 is 5.32 Å². The molecule has 0 fully saturated rings. The van der Waals surface area contributed by atoms with Gasteiger partial charge in [-0.05, 0) is 42.8 Å². The van der Waals surface area contributed by atoms with E-state index in [0.29, 0.717) is 25.3 Å². The number of terminal acetylenes is 1. The Morgan fingerprint density at radius 1 is 1.07 bits per heavy atom. The van der Waals surface area contributed by atoms with Gasteiger partial charge in [-0.1, -0.05) is 62.6 Å². The maximum Gasteiger partial charge on any atom is 0.404 e. The maximum atomic E-state index is 10.2. The Bertz CT molecular complexity index is 675. The molecule has 0 spiro atoms. The number of carboxylic acid groups (broad SMARTS) is 1. The number of unbranched alkanes of at least 4 members (excludes halogenated alkanes) is 1. The van der Waals surface area contributed by atoms with Gasteiger partial charge in [0.05, 0.1) is 6.61 Å². The molecule has 2 rings (SSSR count). The van der Waals surface area contributed by atoms with Gasteiger partial charge < -0.3 is 14.6 Å². The Labute approximate surface area is 184 Å².